The number of benzene rings is 1. The number of likely N-dealkylation sites (tertiary alicyclic amines) is 1. The second-order valence-corrected chi connectivity index (χ2v) is 6.31. The molecular weight excluding hydrogens is 288 g/mol. The highest BCUT2D eigenvalue weighted by molar-refractivity contribution is 6.32. The highest BCUT2D eigenvalue weighted by Gasteiger charge is 2.21. The molecular formula is C16H23ClN2O2. The van der Waals surface area contributed by atoms with E-state index in [0.717, 1.165) is 44.3 Å². The van der Waals surface area contributed by atoms with Crippen LogP contribution in [0.15, 0.2) is 12.1 Å². The van der Waals surface area contributed by atoms with Crippen LogP contribution < -0.4 is 15.2 Å². The number of halogens is 1. The van der Waals surface area contributed by atoms with Crippen LogP contribution in [0.25, 0.3) is 0 Å². The highest BCUT2D eigenvalue weighted by atomic mass is 35.5. The summed E-state index contributed by atoms with van der Waals surface area (Å²) in [6, 6.07) is 4.06. The summed E-state index contributed by atoms with van der Waals surface area (Å²) in [4.78, 5) is 2.48. The van der Waals surface area contributed by atoms with Crippen molar-refractivity contribution in [2.45, 2.75) is 25.8 Å². The number of ether oxygens (including phenoxy) is 2. The summed E-state index contributed by atoms with van der Waals surface area (Å²) in [5, 5.41) is 0.653. The summed E-state index contributed by atoms with van der Waals surface area (Å²) in [5.41, 5.74) is 6.84. The van der Waals surface area contributed by atoms with Crippen LogP contribution in [0.3, 0.4) is 0 Å². The van der Waals surface area contributed by atoms with Crippen molar-refractivity contribution < 1.29 is 9.47 Å². The number of hydrogen-bond donors (Lipinski definition) is 1. The monoisotopic (exact) mass is 310 g/mol. The van der Waals surface area contributed by atoms with Crippen LogP contribution in [-0.4, -0.2) is 37.7 Å². The van der Waals surface area contributed by atoms with Gasteiger partial charge in [0.05, 0.1) is 5.02 Å². The van der Waals surface area contributed by atoms with E-state index in [1.54, 1.807) is 0 Å². The third-order valence-electron chi connectivity index (χ3n) is 4.34. The van der Waals surface area contributed by atoms with Gasteiger partial charge in [-0.1, -0.05) is 11.6 Å². The molecule has 1 saturated heterocycles. The maximum absolute atomic E-state index is 6.29. The maximum atomic E-state index is 6.29. The van der Waals surface area contributed by atoms with Crippen molar-refractivity contribution in [1.29, 1.82) is 0 Å². The van der Waals surface area contributed by atoms with Gasteiger partial charge in [-0.05, 0) is 62.5 Å². The molecule has 0 unspecified atom stereocenters. The Hall–Kier alpha value is -0.970. The molecule has 0 spiro atoms. The molecule has 0 aromatic heterocycles. The summed E-state index contributed by atoms with van der Waals surface area (Å²) in [5.74, 6) is 2.27. The third-order valence-corrected chi connectivity index (χ3v) is 4.63. The van der Waals surface area contributed by atoms with Crippen molar-refractivity contribution in [1.82, 2.24) is 4.90 Å². The average molecular weight is 311 g/mol. The molecule has 3 rings (SSSR count). The number of rotatable bonds is 4. The standard InChI is InChI=1S/C16H23ClN2O2/c17-14-9-13(10-15-16(14)21-8-7-20-15)11-19-5-2-12(1-4-18)3-6-19/h9-10,12H,1-8,11,18H2. The van der Waals surface area contributed by atoms with Gasteiger partial charge in [0.1, 0.15) is 13.2 Å². The van der Waals surface area contributed by atoms with Crippen molar-refractivity contribution in [2.24, 2.45) is 11.7 Å². The molecule has 0 bridgehead atoms. The Bertz CT molecular complexity index is 487. The largest absolute Gasteiger partial charge is 0.486 e. The van der Waals surface area contributed by atoms with Crippen LogP contribution in [0.5, 0.6) is 11.5 Å². The van der Waals surface area contributed by atoms with E-state index in [9.17, 15) is 0 Å². The number of fused-ring (bicyclic) bond motifs is 1. The number of nitrogens with two attached hydrogens (primary N) is 1. The predicted octanol–water partition coefficient (Wildman–Crippen LogP) is 2.67. The van der Waals surface area contributed by atoms with Gasteiger partial charge in [0, 0.05) is 6.54 Å². The molecule has 5 heteroatoms. The fraction of sp³-hybridized carbons (Fsp3) is 0.625. The number of hydrogen-bond acceptors (Lipinski definition) is 4. The van der Waals surface area contributed by atoms with Crippen LogP contribution in [0.2, 0.25) is 5.02 Å². The minimum Gasteiger partial charge on any atom is -0.486 e. The normalized spacial score (nSPS) is 19.7. The fourth-order valence-electron chi connectivity index (χ4n) is 3.18. The number of nitrogens with zero attached hydrogens (tertiary/aromatic N) is 1. The lowest BCUT2D eigenvalue weighted by Crippen LogP contribution is -2.33. The molecule has 21 heavy (non-hydrogen) atoms. The molecule has 2 aliphatic rings. The zero-order chi connectivity index (χ0) is 14.7. The molecule has 0 saturated carbocycles. The van der Waals surface area contributed by atoms with Crippen molar-refractivity contribution in [3.63, 3.8) is 0 Å². The molecule has 0 radical (unpaired) electrons. The molecule has 2 aliphatic heterocycles. The highest BCUT2D eigenvalue weighted by Crippen LogP contribution is 2.38. The predicted molar refractivity (Wildman–Crippen MR) is 84.1 cm³/mol. The zero-order valence-electron chi connectivity index (χ0n) is 12.3. The van der Waals surface area contributed by atoms with E-state index in [1.807, 2.05) is 6.07 Å². The molecule has 2 N–H and O–H groups in total. The fourth-order valence-corrected chi connectivity index (χ4v) is 3.47. The lowest BCUT2D eigenvalue weighted by molar-refractivity contribution is 0.166. The smallest absolute Gasteiger partial charge is 0.179 e. The molecule has 1 aromatic rings. The first-order chi connectivity index (χ1) is 10.3. The molecule has 2 heterocycles. The molecule has 1 fully saturated rings. The van der Waals surface area contributed by atoms with Gasteiger partial charge in [-0.3, -0.25) is 4.90 Å². The van der Waals surface area contributed by atoms with E-state index in [0.29, 0.717) is 24.0 Å². The third kappa shape index (κ3) is 3.62. The summed E-state index contributed by atoms with van der Waals surface area (Å²) in [7, 11) is 0. The van der Waals surface area contributed by atoms with E-state index in [4.69, 9.17) is 26.8 Å². The Morgan fingerprint density at radius 3 is 2.71 bits per heavy atom. The van der Waals surface area contributed by atoms with Gasteiger partial charge in [0.2, 0.25) is 0 Å². The second kappa shape index (κ2) is 6.86. The van der Waals surface area contributed by atoms with Crippen molar-refractivity contribution >= 4 is 11.6 Å². The van der Waals surface area contributed by atoms with Crippen molar-refractivity contribution in [3.05, 3.63) is 22.7 Å². The molecule has 116 valence electrons. The first-order valence-corrected chi connectivity index (χ1v) is 8.14. The summed E-state index contributed by atoms with van der Waals surface area (Å²) in [6.07, 6.45) is 3.65. The van der Waals surface area contributed by atoms with Gasteiger partial charge in [0.25, 0.3) is 0 Å². The molecule has 1 aromatic carbocycles. The van der Waals surface area contributed by atoms with E-state index in [1.165, 1.54) is 18.4 Å². The van der Waals surface area contributed by atoms with Crippen molar-refractivity contribution in [3.8, 4) is 11.5 Å². The summed E-state index contributed by atoms with van der Waals surface area (Å²) < 4.78 is 11.2. The molecule has 0 amide bonds. The molecule has 4 nitrogen and oxygen atoms in total. The maximum Gasteiger partial charge on any atom is 0.179 e. The molecule has 0 atom stereocenters. The Kier molecular flexibility index (Phi) is 4.88. The Labute approximate surface area is 131 Å². The van der Waals surface area contributed by atoms with Gasteiger partial charge in [0.15, 0.2) is 11.5 Å². The first kappa shape index (κ1) is 14.9. The van der Waals surface area contributed by atoms with E-state index < -0.39 is 0 Å². The van der Waals surface area contributed by atoms with E-state index in [-0.39, 0.29) is 0 Å². The minimum atomic E-state index is 0.570. The van der Waals surface area contributed by atoms with Crippen molar-refractivity contribution in [2.75, 3.05) is 32.8 Å². The minimum absolute atomic E-state index is 0.570. The van der Waals surface area contributed by atoms with Gasteiger partial charge >= 0.3 is 0 Å². The average Bonchev–Trinajstić information content (AvgIpc) is 2.50. The van der Waals surface area contributed by atoms with Gasteiger partial charge < -0.3 is 15.2 Å². The Morgan fingerprint density at radius 2 is 1.95 bits per heavy atom. The van der Waals surface area contributed by atoms with Crippen LogP contribution in [-0.2, 0) is 6.54 Å². The van der Waals surface area contributed by atoms with Crippen LogP contribution in [0.1, 0.15) is 24.8 Å². The summed E-state index contributed by atoms with van der Waals surface area (Å²) in [6.45, 7) is 5.17. The SMILES string of the molecule is NCCC1CCN(Cc2cc(Cl)c3c(c2)OCCO3)CC1. The number of piperidine rings is 1. The first-order valence-electron chi connectivity index (χ1n) is 7.76. The van der Waals surface area contributed by atoms with Gasteiger partial charge in [-0.25, -0.2) is 0 Å². The zero-order valence-corrected chi connectivity index (χ0v) is 13.1. The van der Waals surface area contributed by atoms with Crippen LogP contribution in [0, 0.1) is 5.92 Å². The van der Waals surface area contributed by atoms with E-state index in [2.05, 4.69) is 11.0 Å². The van der Waals surface area contributed by atoms with Gasteiger partial charge in [-0.2, -0.15) is 0 Å². The van der Waals surface area contributed by atoms with Crippen LogP contribution in [0.4, 0.5) is 0 Å². The van der Waals surface area contributed by atoms with Gasteiger partial charge in [-0.15, -0.1) is 0 Å². The summed E-state index contributed by atoms with van der Waals surface area (Å²) >= 11 is 6.29. The topological polar surface area (TPSA) is 47.7 Å². The molecule has 0 aliphatic carbocycles. The lowest BCUT2D eigenvalue weighted by Gasteiger charge is -2.32. The second-order valence-electron chi connectivity index (χ2n) is 5.90. The van der Waals surface area contributed by atoms with E-state index >= 15 is 0 Å². The Balaban J connectivity index is 1.62. The quantitative estimate of drug-likeness (QED) is 0.929. The lowest BCUT2D eigenvalue weighted by atomic mass is 9.93. The Morgan fingerprint density at radius 1 is 1.19 bits per heavy atom. The van der Waals surface area contributed by atoms with Crippen LogP contribution >= 0.6 is 11.6 Å².